The second-order valence-electron chi connectivity index (χ2n) is 5.70. The minimum Gasteiger partial charge on any atom is -0.462 e. The van der Waals surface area contributed by atoms with Crippen LogP contribution in [0.5, 0.6) is 0 Å². The predicted octanol–water partition coefficient (Wildman–Crippen LogP) is 1.92. The summed E-state index contributed by atoms with van der Waals surface area (Å²) in [7, 11) is 0. The summed E-state index contributed by atoms with van der Waals surface area (Å²) in [6.07, 6.45) is 1.77. The average Bonchev–Trinajstić information content (AvgIpc) is 3.16. The van der Waals surface area contributed by atoms with Crippen LogP contribution in [-0.4, -0.2) is 37.1 Å². The van der Waals surface area contributed by atoms with E-state index in [-0.39, 0.29) is 24.3 Å². The van der Waals surface area contributed by atoms with E-state index in [0.717, 1.165) is 12.8 Å². The first-order valence-electron chi connectivity index (χ1n) is 7.87. The van der Waals surface area contributed by atoms with Crippen molar-refractivity contribution < 1.29 is 23.9 Å². The van der Waals surface area contributed by atoms with Crippen LogP contribution in [0.3, 0.4) is 0 Å². The molecule has 2 aliphatic rings. The zero-order valence-electron chi connectivity index (χ0n) is 13.0. The van der Waals surface area contributed by atoms with Gasteiger partial charge in [0.2, 0.25) is 11.8 Å². The molecule has 2 saturated heterocycles. The van der Waals surface area contributed by atoms with E-state index >= 15 is 0 Å². The first-order chi connectivity index (χ1) is 11.1. The molecular formula is C17H19NO5. The maximum absolute atomic E-state index is 12.6. The van der Waals surface area contributed by atoms with E-state index in [1.54, 1.807) is 31.2 Å². The monoisotopic (exact) mass is 317 g/mol. The van der Waals surface area contributed by atoms with Gasteiger partial charge >= 0.3 is 5.97 Å². The van der Waals surface area contributed by atoms with Gasteiger partial charge in [-0.1, -0.05) is 0 Å². The van der Waals surface area contributed by atoms with Crippen LogP contribution in [-0.2, 0) is 19.1 Å². The highest BCUT2D eigenvalue weighted by atomic mass is 16.5. The molecule has 0 saturated carbocycles. The summed E-state index contributed by atoms with van der Waals surface area (Å²) in [5.41, 5.74) is 0.874. The summed E-state index contributed by atoms with van der Waals surface area (Å²) in [5.74, 6) is -1.25. The summed E-state index contributed by atoms with van der Waals surface area (Å²) in [6, 6.07) is 6.32. The second kappa shape index (κ2) is 6.50. The molecule has 0 aliphatic carbocycles. The Morgan fingerprint density at radius 1 is 1.30 bits per heavy atom. The van der Waals surface area contributed by atoms with Gasteiger partial charge in [-0.25, -0.2) is 4.79 Å². The molecule has 0 aromatic heterocycles. The Kier molecular flexibility index (Phi) is 4.43. The minimum atomic E-state index is -0.421. The van der Waals surface area contributed by atoms with Gasteiger partial charge in [-0.05, 0) is 44.0 Å². The lowest BCUT2D eigenvalue weighted by molar-refractivity contribution is -0.124. The first-order valence-corrected chi connectivity index (χ1v) is 7.87. The Hall–Kier alpha value is -2.21. The maximum Gasteiger partial charge on any atom is 0.338 e. The van der Waals surface area contributed by atoms with Crippen molar-refractivity contribution in [2.75, 3.05) is 18.1 Å². The molecule has 23 heavy (non-hydrogen) atoms. The Morgan fingerprint density at radius 3 is 2.65 bits per heavy atom. The Balaban J connectivity index is 1.77. The van der Waals surface area contributed by atoms with Crippen LogP contribution in [0.1, 0.15) is 36.5 Å². The van der Waals surface area contributed by atoms with E-state index in [1.165, 1.54) is 4.90 Å². The summed E-state index contributed by atoms with van der Waals surface area (Å²) in [5, 5.41) is 0. The highest BCUT2D eigenvalue weighted by Crippen LogP contribution is 2.33. The zero-order chi connectivity index (χ0) is 16.4. The number of esters is 1. The molecule has 2 fully saturated rings. The lowest BCUT2D eigenvalue weighted by Gasteiger charge is -2.18. The topological polar surface area (TPSA) is 72.9 Å². The number of hydrogen-bond donors (Lipinski definition) is 0. The van der Waals surface area contributed by atoms with Gasteiger partial charge in [-0.15, -0.1) is 0 Å². The van der Waals surface area contributed by atoms with E-state index in [9.17, 15) is 14.4 Å². The number of carbonyl (C=O) groups excluding carboxylic acids is 3. The Labute approximate surface area is 134 Å². The predicted molar refractivity (Wildman–Crippen MR) is 82.0 cm³/mol. The summed E-state index contributed by atoms with van der Waals surface area (Å²) >= 11 is 0. The van der Waals surface area contributed by atoms with Crippen LogP contribution in [0.4, 0.5) is 5.69 Å². The van der Waals surface area contributed by atoms with Crippen molar-refractivity contribution in [2.45, 2.75) is 32.3 Å². The molecule has 6 nitrogen and oxygen atoms in total. The Morgan fingerprint density at radius 2 is 2.04 bits per heavy atom. The van der Waals surface area contributed by atoms with Crippen LogP contribution in [0, 0.1) is 5.92 Å². The second-order valence-corrected chi connectivity index (χ2v) is 5.70. The number of ether oxygens (including phenoxy) is 2. The fourth-order valence-electron chi connectivity index (χ4n) is 3.10. The van der Waals surface area contributed by atoms with Crippen molar-refractivity contribution in [3.63, 3.8) is 0 Å². The number of amides is 2. The van der Waals surface area contributed by atoms with E-state index < -0.39 is 11.9 Å². The van der Waals surface area contributed by atoms with Gasteiger partial charge in [0.15, 0.2) is 0 Å². The molecular weight excluding hydrogens is 298 g/mol. The van der Waals surface area contributed by atoms with Gasteiger partial charge in [0.05, 0.1) is 29.9 Å². The van der Waals surface area contributed by atoms with Crippen molar-refractivity contribution in [1.82, 2.24) is 0 Å². The molecule has 2 heterocycles. The number of nitrogens with zero attached hydrogens (tertiary/aromatic N) is 1. The van der Waals surface area contributed by atoms with Gasteiger partial charge < -0.3 is 9.47 Å². The molecule has 0 radical (unpaired) electrons. The molecule has 6 heteroatoms. The van der Waals surface area contributed by atoms with Crippen molar-refractivity contribution in [2.24, 2.45) is 5.92 Å². The lowest BCUT2D eigenvalue weighted by Crippen LogP contribution is -2.33. The molecule has 2 aliphatic heterocycles. The fourth-order valence-corrected chi connectivity index (χ4v) is 3.10. The number of rotatable bonds is 4. The van der Waals surface area contributed by atoms with E-state index in [1.807, 2.05) is 0 Å². The largest absolute Gasteiger partial charge is 0.462 e. The highest BCUT2D eigenvalue weighted by Gasteiger charge is 2.44. The first kappa shape index (κ1) is 15.7. The quantitative estimate of drug-likeness (QED) is 0.626. The molecule has 1 aromatic carbocycles. The third-order valence-corrected chi connectivity index (χ3v) is 4.23. The number of imide groups is 1. The van der Waals surface area contributed by atoms with Crippen LogP contribution < -0.4 is 4.90 Å². The van der Waals surface area contributed by atoms with Gasteiger partial charge in [0.25, 0.3) is 0 Å². The normalized spacial score (nSPS) is 24.3. The lowest BCUT2D eigenvalue weighted by atomic mass is 9.98. The molecule has 3 rings (SSSR count). The summed E-state index contributed by atoms with van der Waals surface area (Å²) < 4.78 is 10.5. The fraction of sp³-hybridized carbons (Fsp3) is 0.471. The van der Waals surface area contributed by atoms with Gasteiger partial charge in [-0.2, -0.15) is 0 Å². The van der Waals surface area contributed by atoms with E-state index in [2.05, 4.69) is 0 Å². The molecule has 0 spiro atoms. The number of anilines is 1. The Bertz CT molecular complexity index is 618. The van der Waals surface area contributed by atoms with E-state index in [4.69, 9.17) is 9.47 Å². The van der Waals surface area contributed by atoms with Crippen molar-refractivity contribution in [3.8, 4) is 0 Å². The summed E-state index contributed by atoms with van der Waals surface area (Å²) in [6.45, 7) is 2.68. The molecule has 2 atom stereocenters. The number of carbonyl (C=O) groups is 3. The van der Waals surface area contributed by atoms with Gasteiger partial charge in [0.1, 0.15) is 0 Å². The van der Waals surface area contributed by atoms with Crippen molar-refractivity contribution >= 4 is 23.5 Å². The zero-order valence-corrected chi connectivity index (χ0v) is 13.0. The van der Waals surface area contributed by atoms with Crippen LogP contribution in [0.15, 0.2) is 24.3 Å². The van der Waals surface area contributed by atoms with Crippen LogP contribution in [0.2, 0.25) is 0 Å². The maximum atomic E-state index is 12.6. The third-order valence-electron chi connectivity index (χ3n) is 4.23. The SMILES string of the molecule is CCOC(=O)c1ccc(N2C(=O)C[C@@H]([C@H]3CCCO3)C2=O)cc1. The van der Waals surface area contributed by atoms with Crippen molar-refractivity contribution in [1.29, 1.82) is 0 Å². The molecule has 0 N–H and O–H groups in total. The van der Waals surface area contributed by atoms with E-state index in [0.29, 0.717) is 24.5 Å². The average molecular weight is 317 g/mol. The standard InChI is InChI=1S/C17H19NO5/c1-2-22-17(21)11-5-7-12(8-6-11)18-15(19)10-13(16(18)20)14-4-3-9-23-14/h5-8,13-14H,2-4,9-10H2,1H3/t13-,14+/m0/s1. The van der Waals surface area contributed by atoms with Gasteiger partial charge in [-0.3, -0.25) is 14.5 Å². The summed E-state index contributed by atoms with van der Waals surface area (Å²) in [4.78, 5) is 37.6. The number of benzene rings is 1. The van der Waals surface area contributed by atoms with Crippen molar-refractivity contribution in [3.05, 3.63) is 29.8 Å². The molecule has 2 amide bonds. The van der Waals surface area contributed by atoms with Crippen LogP contribution >= 0.6 is 0 Å². The molecule has 122 valence electrons. The van der Waals surface area contributed by atoms with Crippen LogP contribution in [0.25, 0.3) is 0 Å². The third kappa shape index (κ3) is 2.99. The molecule has 0 bridgehead atoms. The molecule has 1 aromatic rings. The smallest absolute Gasteiger partial charge is 0.338 e. The highest BCUT2D eigenvalue weighted by molar-refractivity contribution is 6.21. The minimum absolute atomic E-state index is 0.157. The van der Waals surface area contributed by atoms with Gasteiger partial charge in [0, 0.05) is 13.0 Å². The number of hydrogen-bond acceptors (Lipinski definition) is 5. The molecule has 0 unspecified atom stereocenters.